The Labute approximate surface area is 179 Å². The van der Waals surface area contributed by atoms with Crippen molar-refractivity contribution < 1.29 is 9.59 Å². The van der Waals surface area contributed by atoms with Crippen LogP contribution >= 0.6 is 11.8 Å². The number of amides is 2. The Balaban J connectivity index is 1.99. The largest absolute Gasteiger partial charge is 0.352 e. The molecule has 0 bridgehead atoms. The lowest BCUT2D eigenvalue weighted by Crippen LogP contribution is -2.50. The molecule has 2 atom stereocenters. The molecule has 2 aromatic carbocycles. The molecule has 0 aliphatic carbocycles. The van der Waals surface area contributed by atoms with Gasteiger partial charge in [0.25, 0.3) is 0 Å². The standard InChI is InChI=1S/C24H32N2O2S/c1-4-19(2)25-24(28)20(3)26(17-15-21-11-7-5-8-12-21)23(27)16-18-29-22-13-9-6-10-14-22/h5-14,19-20H,4,15-18H2,1-3H3,(H,25,28)/t19-,20-/m1/s1. The SMILES string of the molecule is CC[C@@H](C)NC(=O)[C@@H](C)N(CCc1ccccc1)C(=O)CCSc1ccccc1. The number of hydrogen-bond acceptors (Lipinski definition) is 3. The first-order chi connectivity index (χ1) is 14.0. The van der Waals surface area contributed by atoms with E-state index in [9.17, 15) is 9.59 Å². The smallest absolute Gasteiger partial charge is 0.242 e. The highest BCUT2D eigenvalue weighted by Gasteiger charge is 2.26. The molecule has 0 saturated carbocycles. The highest BCUT2D eigenvalue weighted by Crippen LogP contribution is 2.19. The van der Waals surface area contributed by atoms with Gasteiger partial charge in [-0.15, -0.1) is 11.8 Å². The summed E-state index contributed by atoms with van der Waals surface area (Å²) >= 11 is 1.67. The summed E-state index contributed by atoms with van der Waals surface area (Å²) in [7, 11) is 0. The molecule has 2 amide bonds. The fraction of sp³-hybridized carbons (Fsp3) is 0.417. The van der Waals surface area contributed by atoms with E-state index in [0.717, 1.165) is 17.7 Å². The van der Waals surface area contributed by atoms with Gasteiger partial charge in [0.1, 0.15) is 6.04 Å². The van der Waals surface area contributed by atoms with Crippen LogP contribution in [-0.4, -0.2) is 41.1 Å². The predicted octanol–water partition coefficient (Wildman–Crippen LogP) is 4.54. The van der Waals surface area contributed by atoms with Gasteiger partial charge in [-0.3, -0.25) is 9.59 Å². The Kier molecular flexibility index (Phi) is 9.78. The zero-order valence-corrected chi connectivity index (χ0v) is 18.5. The van der Waals surface area contributed by atoms with Crippen LogP contribution < -0.4 is 5.32 Å². The molecule has 0 aliphatic heterocycles. The molecular weight excluding hydrogens is 380 g/mol. The van der Waals surface area contributed by atoms with E-state index in [0.29, 0.717) is 18.7 Å². The number of benzene rings is 2. The molecule has 156 valence electrons. The van der Waals surface area contributed by atoms with Crippen molar-refractivity contribution in [3.8, 4) is 0 Å². The highest BCUT2D eigenvalue weighted by molar-refractivity contribution is 7.99. The van der Waals surface area contributed by atoms with Gasteiger partial charge in [-0.2, -0.15) is 0 Å². The van der Waals surface area contributed by atoms with E-state index in [1.807, 2.05) is 69.3 Å². The Morgan fingerprint density at radius 3 is 2.24 bits per heavy atom. The highest BCUT2D eigenvalue weighted by atomic mass is 32.2. The molecular formula is C24H32N2O2S. The lowest BCUT2D eigenvalue weighted by molar-refractivity contribution is -0.139. The Morgan fingerprint density at radius 2 is 1.62 bits per heavy atom. The number of hydrogen-bond donors (Lipinski definition) is 1. The van der Waals surface area contributed by atoms with Gasteiger partial charge < -0.3 is 10.2 Å². The second-order valence-corrected chi connectivity index (χ2v) is 8.40. The fourth-order valence-corrected chi connectivity index (χ4v) is 3.81. The average Bonchev–Trinajstić information content (AvgIpc) is 2.75. The summed E-state index contributed by atoms with van der Waals surface area (Å²) in [5.74, 6) is 0.636. The van der Waals surface area contributed by atoms with Gasteiger partial charge in [-0.25, -0.2) is 0 Å². The second kappa shape index (κ2) is 12.3. The van der Waals surface area contributed by atoms with Crippen LogP contribution in [0, 0.1) is 0 Å². The third-order valence-electron chi connectivity index (χ3n) is 4.98. The Hall–Kier alpha value is -2.27. The summed E-state index contributed by atoms with van der Waals surface area (Å²) in [6.45, 7) is 6.38. The van der Waals surface area contributed by atoms with Crippen LogP contribution in [0.1, 0.15) is 39.2 Å². The van der Waals surface area contributed by atoms with Crippen LogP contribution in [0.4, 0.5) is 0 Å². The molecule has 0 aromatic heterocycles. The minimum absolute atomic E-state index is 0.0242. The van der Waals surface area contributed by atoms with E-state index in [4.69, 9.17) is 0 Å². The van der Waals surface area contributed by atoms with E-state index in [1.54, 1.807) is 16.7 Å². The first-order valence-corrected chi connectivity index (χ1v) is 11.3. The summed E-state index contributed by atoms with van der Waals surface area (Å²) in [5.41, 5.74) is 1.17. The van der Waals surface area contributed by atoms with Crippen molar-refractivity contribution in [2.24, 2.45) is 0 Å². The summed E-state index contributed by atoms with van der Waals surface area (Å²) in [5, 5.41) is 3.01. The van der Waals surface area contributed by atoms with Gasteiger partial charge in [0.2, 0.25) is 11.8 Å². The van der Waals surface area contributed by atoms with E-state index in [-0.39, 0.29) is 17.9 Å². The summed E-state index contributed by atoms with van der Waals surface area (Å²) in [4.78, 5) is 28.5. The maximum absolute atomic E-state index is 13.0. The molecule has 5 heteroatoms. The molecule has 2 rings (SSSR count). The molecule has 2 aromatic rings. The van der Waals surface area contributed by atoms with Gasteiger partial charge in [-0.05, 0) is 44.4 Å². The maximum atomic E-state index is 13.0. The monoisotopic (exact) mass is 412 g/mol. The topological polar surface area (TPSA) is 49.4 Å². The quantitative estimate of drug-likeness (QED) is 0.551. The Bertz CT molecular complexity index is 752. The lowest BCUT2D eigenvalue weighted by atomic mass is 10.1. The normalized spacial score (nSPS) is 12.8. The lowest BCUT2D eigenvalue weighted by Gasteiger charge is -2.29. The first kappa shape index (κ1) is 23.0. The second-order valence-electron chi connectivity index (χ2n) is 7.23. The van der Waals surface area contributed by atoms with Crippen molar-refractivity contribution in [1.82, 2.24) is 10.2 Å². The average molecular weight is 413 g/mol. The van der Waals surface area contributed by atoms with Gasteiger partial charge in [0.15, 0.2) is 0 Å². The van der Waals surface area contributed by atoms with Gasteiger partial charge in [0, 0.05) is 29.7 Å². The molecule has 29 heavy (non-hydrogen) atoms. The third-order valence-corrected chi connectivity index (χ3v) is 5.99. The molecule has 0 radical (unpaired) electrons. The van der Waals surface area contributed by atoms with Crippen LogP contribution in [0.5, 0.6) is 0 Å². The molecule has 0 aliphatic rings. The first-order valence-electron chi connectivity index (χ1n) is 10.3. The molecule has 0 saturated heterocycles. The van der Waals surface area contributed by atoms with E-state index < -0.39 is 6.04 Å². The van der Waals surface area contributed by atoms with Crippen LogP contribution in [-0.2, 0) is 16.0 Å². The minimum Gasteiger partial charge on any atom is -0.352 e. The number of thioether (sulfide) groups is 1. The van der Waals surface area contributed by atoms with Gasteiger partial charge in [0.05, 0.1) is 0 Å². The van der Waals surface area contributed by atoms with Crippen molar-refractivity contribution in [3.63, 3.8) is 0 Å². The summed E-state index contributed by atoms with van der Waals surface area (Å²) in [6, 6.07) is 19.8. The number of carbonyl (C=O) groups is 2. The number of carbonyl (C=O) groups excluding carboxylic acids is 2. The van der Waals surface area contributed by atoms with Crippen molar-refractivity contribution in [2.45, 2.75) is 57.0 Å². The van der Waals surface area contributed by atoms with Crippen molar-refractivity contribution >= 4 is 23.6 Å². The van der Waals surface area contributed by atoms with Crippen molar-refractivity contribution in [3.05, 3.63) is 66.2 Å². The molecule has 4 nitrogen and oxygen atoms in total. The zero-order chi connectivity index (χ0) is 21.1. The summed E-state index contributed by atoms with van der Waals surface area (Å²) < 4.78 is 0. The summed E-state index contributed by atoms with van der Waals surface area (Å²) in [6.07, 6.45) is 2.01. The molecule has 0 spiro atoms. The molecule has 0 heterocycles. The molecule has 0 fully saturated rings. The number of nitrogens with one attached hydrogen (secondary N) is 1. The number of nitrogens with zero attached hydrogens (tertiary/aromatic N) is 1. The van der Waals surface area contributed by atoms with E-state index in [1.165, 1.54) is 5.56 Å². The van der Waals surface area contributed by atoms with Crippen molar-refractivity contribution in [2.75, 3.05) is 12.3 Å². The van der Waals surface area contributed by atoms with Crippen molar-refractivity contribution in [1.29, 1.82) is 0 Å². The molecule has 0 unspecified atom stereocenters. The van der Waals surface area contributed by atoms with Gasteiger partial charge in [-0.1, -0.05) is 55.5 Å². The van der Waals surface area contributed by atoms with E-state index >= 15 is 0 Å². The Morgan fingerprint density at radius 1 is 1.00 bits per heavy atom. The fourth-order valence-electron chi connectivity index (χ4n) is 2.95. The molecule has 1 N–H and O–H groups in total. The van der Waals surface area contributed by atoms with Crippen LogP contribution in [0.2, 0.25) is 0 Å². The zero-order valence-electron chi connectivity index (χ0n) is 17.6. The predicted molar refractivity (Wildman–Crippen MR) is 121 cm³/mol. The van der Waals surface area contributed by atoms with Crippen LogP contribution in [0.15, 0.2) is 65.6 Å². The number of rotatable bonds is 11. The van der Waals surface area contributed by atoms with Gasteiger partial charge >= 0.3 is 0 Å². The van der Waals surface area contributed by atoms with E-state index in [2.05, 4.69) is 17.4 Å². The van der Waals surface area contributed by atoms with Crippen LogP contribution in [0.3, 0.4) is 0 Å². The van der Waals surface area contributed by atoms with Crippen LogP contribution in [0.25, 0.3) is 0 Å². The minimum atomic E-state index is -0.484. The maximum Gasteiger partial charge on any atom is 0.242 e. The third kappa shape index (κ3) is 7.94.